The zero-order valence-corrected chi connectivity index (χ0v) is 12.9. The highest BCUT2D eigenvalue weighted by molar-refractivity contribution is 6.66. The molecule has 1 aliphatic rings. The summed E-state index contributed by atoms with van der Waals surface area (Å²) in [5, 5.41) is 0. The first kappa shape index (κ1) is 14.1. The third kappa shape index (κ3) is 3.82. The van der Waals surface area contributed by atoms with E-state index in [1.165, 1.54) is 11.1 Å². The van der Waals surface area contributed by atoms with E-state index < -0.39 is 8.56 Å². The molecule has 0 aromatic heterocycles. The van der Waals surface area contributed by atoms with Gasteiger partial charge >= 0.3 is 8.56 Å². The number of rotatable bonds is 4. The molecule has 1 aliphatic heterocycles. The van der Waals surface area contributed by atoms with Crippen molar-refractivity contribution < 1.29 is 8.85 Å². The van der Waals surface area contributed by atoms with Crippen molar-refractivity contribution in [2.24, 2.45) is 5.92 Å². The molecule has 2 nitrogen and oxygen atoms in total. The number of aryl methyl sites for hydroxylation is 1. The predicted molar refractivity (Wildman–Crippen MR) is 77.2 cm³/mol. The fraction of sp³-hybridized carbons (Fsp3) is 0.571. The summed E-state index contributed by atoms with van der Waals surface area (Å²) in [6.45, 7) is 6.05. The van der Waals surface area contributed by atoms with Gasteiger partial charge in [0.05, 0.1) is 0 Å². The Bertz CT molecular complexity index is 372. The van der Waals surface area contributed by atoms with Crippen LogP contribution in [0, 0.1) is 5.92 Å². The SMILES string of the molecule is CC1CO[Si](C)(CCc2ccc(CCl)cc2)OC1. The van der Waals surface area contributed by atoms with Crippen LogP contribution in [0.2, 0.25) is 12.6 Å². The summed E-state index contributed by atoms with van der Waals surface area (Å²) in [7, 11) is -1.91. The Kier molecular flexibility index (Phi) is 4.84. The molecule has 0 amide bonds. The van der Waals surface area contributed by atoms with Crippen LogP contribution in [-0.4, -0.2) is 21.8 Å². The van der Waals surface area contributed by atoms with Crippen molar-refractivity contribution in [3.8, 4) is 0 Å². The summed E-state index contributed by atoms with van der Waals surface area (Å²) in [6.07, 6.45) is 1.03. The summed E-state index contributed by atoms with van der Waals surface area (Å²) in [5.41, 5.74) is 2.51. The van der Waals surface area contributed by atoms with Crippen molar-refractivity contribution in [2.45, 2.75) is 31.8 Å². The van der Waals surface area contributed by atoms with Gasteiger partial charge in [-0.2, -0.15) is 0 Å². The monoisotopic (exact) mass is 284 g/mol. The molecule has 0 radical (unpaired) electrons. The first-order valence-electron chi connectivity index (χ1n) is 6.53. The number of benzene rings is 1. The van der Waals surface area contributed by atoms with Crippen LogP contribution in [0.5, 0.6) is 0 Å². The summed E-state index contributed by atoms with van der Waals surface area (Å²) in [5.74, 6) is 1.12. The van der Waals surface area contributed by atoms with Crippen LogP contribution in [-0.2, 0) is 21.2 Å². The first-order chi connectivity index (χ1) is 8.61. The second-order valence-corrected chi connectivity index (χ2v) is 8.92. The Morgan fingerprint density at radius 1 is 1.17 bits per heavy atom. The van der Waals surface area contributed by atoms with Crippen LogP contribution in [0.25, 0.3) is 0 Å². The van der Waals surface area contributed by atoms with Gasteiger partial charge in [-0.25, -0.2) is 0 Å². The molecule has 0 atom stereocenters. The minimum atomic E-state index is -1.91. The maximum Gasteiger partial charge on any atom is 0.335 e. The van der Waals surface area contributed by atoms with E-state index in [2.05, 4.69) is 37.7 Å². The van der Waals surface area contributed by atoms with Crippen molar-refractivity contribution in [3.63, 3.8) is 0 Å². The maximum absolute atomic E-state index is 5.94. The molecule has 1 aromatic carbocycles. The second kappa shape index (κ2) is 6.20. The molecule has 1 fully saturated rings. The summed E-state index contributed by atoms with van der Waals surface area (Å²) in [6, 6.07) is 9.52. The Labute approximate surface area is 116 Å². The molecule has 0 saturated carbocycles. The number of hydrogen-bond donors (Lipinski definition) is 0. The van der Waals surface area contributed by atoms with Gasteiger partial charge in [0.15, 0.2) is 0 Å². The first-order valence-corrected chi connectivity index (χ1v) is 9.59. The fourth-order valence-corrected chi connectivity index (χ4v) is 4.60. The third-order valence-corrected chi connectivity index (χ3v) is 6.41. The van der Waals surface area contributed by atoms with Crippen LogP contribution in [0.1, 0.15) is 18.1 Å². The molecule has 100 valence electrons. The second-order valence-electron chi connectivity index (χ2n) is 5.31. The zero-order valence-electron chi connectivity index (χ0n) is 11.1. The topological polar surface area (TPSA) is 18.5 Å². The summed E-state index contributed by atoms with van der Waals surface area (Å²) in [4.78, 5) is 0. The van der Waals surface area contributed by atoms with Gasteiger partial charge in [0.1, 0.15) is 0 Å². The van der Waals surface area contributed by atoms with Crippen LogP contribution in [0.15, 0.2) is 24.3 Å². The highest BCUT2D eigenvalue weighted by Gasteiger charge is 2.35. The van der Waals surface area contributed by atoms with E-state index in [-0.39, 0.29) is 0 Å². The quantitative estimate of drug-likeness (QED) is 0.620. The molecule has 1 saturated heterocycles. The van der Waals surface area contributed by atoms with Crippen LogP contribution >= 0.6 is 11.6 Å². The third-order valence-electron chi connectivity index (χ3n) is 3.39. The zero-order chi connectivity index (χ0) is 13.0. The van der Waals surface area contributed by atoms with Crippen LogP contribution in [0.3, 0.4) is 0 Å². The lowest BCUT2D eigenvalue weighted by atomic mass is 10.1. The fourth-order valence-electron chi connectivity index (χ4n) is 2.04. The van der Waals surface area contributed by atoms with Gasteiger partial charge in [0, 0.05) is 25.0 Å². The lowest BCUT2D eigenvalue weighted by molar-refractivity contribution is 0.0702. The van der Waals surface area contributed by atoms with Crippen molar-refractivity contribution >= 4 is 20.2 Å². The standard InChI is InChI=1S/C14H21ClO2Si/c1-12-10-16-18(2,17-11-12)8-7-13-3-5-14(9-15)6-4-13/h3-6,12H,7-11H2,1-2H3. The van der Waals surface area contributed by atoms with Gasteiger partial charge in [-0.1, -0.05) is 31.2 Å². The molecule has 0 unspecified atom stereocenters. The van der Waals surface area contributed by atoms with E-state index in [1.807, 2.05) is 0 Å². The molecule has 0 spiro atoms. The van der Waals surface area contributed by atoms with E-state index in [0.29, 0.717) is 11.8 Å². The molecular formula is C14H21ClO2Si. The van der Waals surface area contributed by atoms with E-state index in [0.717, 1.165) is 25.7 Å². The number of halogens is 1. The molecule has 1 aromatic rings. The van der Waals surface area contributed by atoms with E-state index in [4.69, 9.17) is 20.5 Å². The molecule has 2 rings (SSSR count). The summed E-state index contributed by atoms with van der Waals surface area (Å²) >= 11 is 5.78. The van der Waals surface area contributed by atoms with Gasteiger partial charge in [0.2, 0.25) is 0 Å². The summed E-state index contributed by atoms with van der Waals surface area (Å²) < 4.78 is 11.9. The molecule has 1 heterocycles. The van der Waals surface area contributed by atoms with Crippen molar-refractivity contribution in [1.29, 1.82) is 0 Å². The van der Waals surface area contributed by atoms with Crippen LogP contribution in [0.4, 0.5) is 0 Å². The normalized spacial score (nSPS) is 28.3. The lowest BCUT2D eigenvalue weighted by Crippen LogP contribution is -2.46. The average Bonchev–Trinajstić information content (AvgIpc) is 2.41. The highest BCUT2D eigenvalue weighted by Crippen LogP contribution is 2.23. The molecule has 0 N–H and O–H groups in total. The largest absolute Gasteiger partial charge is 0.394 e. The molecule has 18 heavy (non-hydrogen) atoms. The Balaban J connectivity index is 1.86. The lowest BCUT2D eigenvalue weighted by Gasteiger charge is -2.34. The van der Waals surface area contributed by atoms with Crippen LogP contribution < -0.4 is 0 Å². The smallest absolute Gasteiger partial charge is 0.335 e. The van der Waals surface area contributed by atoms with Gasteiger partial charge in [-0.05, 0) is 30.1 Å². The van der Waals surface area contributed by atoms with E-state index >= 15 is 0 Å². The number of alkyl halides is 1. The molecule has 0 aliphatic carbocycles. The molecule has 4 heteroatoms. The minimum Gasteiger partial charge on any atom is -0.394 e. The molecule has 0 bridgehead atoms. The number of hydrogen-bond acceptors (Lipinski definition) is 2. The van der Waals surface area contributed by atoms with Crippen molar-refractivity contribution in [1.82, 2.24) is 0 Å². The molecular weight excluding hydrogens is 264 g/mol. The van der Waals surface area contributed by atoms with Gasteiger partial charge in [-0.15, -0.1) is 11.6 Å². The Hall–Kier alpha value is -0.353. The highest BCUT2D eigenvalue weighted by atomic mass is 35.5. The van der Waals surface area contributed by atoms with Gasteiger partial charge in [0.25, 0.3) is 0 Å². The predicted octanol–water partition coefficient (Wildman–Crippen LogP) is 3.72. The van der Waals surface area contributed by atoms with E-state index in [1.54, 1.807) is 0 Å². The van der Waals surface area contributed by atoms with Crippen molar-refractivity contribution in [3.05, 3.63) is 35.4 Å². The van der Waals surface area contributed by atoms with Gasteiger partial charge < -0.3 is 8.85 Å². The van der Waals surface area contributed by atoms with E-state index in [9.17, 15) is 0 Å². The Morgan fingerprint density at radius 2 is 1.72 bits per heavy atom. The average molecular weight is 285 g/mol. The Morgan fingerprint density at radius 3 is 2.28 bits per heavy atom. The minimum absolute atomic E-state index is 0.536. The van der Waals surface area contributed by atoms with Crippen molar-refractivity contribution in [2.75, 3.05) is 13.2 Å². The van der Waals surface area contributed by atoms with Gasteiger partial charge in [-0.3, -0.25) is 0 Å². The maximum atomic E-state index is 5.94.